The zero-order chi connectivity index (χ0) is 22.1. The Morgan fingerprint density at radius 1 is 1.09 bits per heavy atom. The van der Waals surface area contributed by atoms with Gasteiger partial charge in [-0.3, -0.25) is 4.79 Å². The maximum atomic E-state index is 12.9. The van der Waals surface area contributed by atoms with Gasteiger partial charge in [-0.1, -0.05) is 43.3 Å². The SMILES string of the molecule is CCc1ccc(-c2ccnc3[nH]c(-c4ccc(C(=O)N5CCOC[C@H]5C)cc4)nc23)cc1. The highest BCUT2D eigenvalue weighted by molar-refractivity contribution is 5.95. The summed E-state index contributed by atoms with van der Waals surface area (Å²) in [7, 11) is 0. The van der Waals surface area contributed by atoms with E-state index < -0.39 is 0 Å². The maximum Gasteiger partial charge on any atom is 0.254 e. The van der Waals surface area contributed by atoms with Crippen molar-refractivity contribution in [3.8, 4) is 22.5 Å². The van der Waals surface area contributed by atoms with Crippen LogP contribution in [0.4, 0.5) is 0 Å². The first-order valence-corrected chi connectivity index (χ1v) is 11.1. The number of carbonyl (C=O) groups is 1. The molecule has 1 fully saturated rings. The smallest absolute Gasteiger partial charge is 0.254 e. The number of rotatable bonds is 4. The zero-order valence-electron chi connectivity index (χ0n) is 18.3. The number of carbonyl (C=O) groups excluding carboxylic acids is 1. The molecule has 0 spiro atoms. The van der Waals surface area contributed by atoms with Gasteiger partial charge in [0, 0.05) is 29.4 Å². The van der Waals surface area contributed by atoms with E-state index in [4.69, 9.17) is 9.72 Å². The molecule has 6 heteroatoms. The molecule has 1 amide bonds. The summed E-state index contributed by atoms with van der Waals surface area (Å²) >= 11 is 0. The van der Waals surface area contributed by atoms with Crippen LogP contribution in [-0.4, -0.2) is 51.6 Å². The van der Waals surface area contributed by atoms with Crippen LogP contribution >= 0.6 is 0 Å². The molecule has 0 aliphatic carbocycles. The van der Waals surface area contributed by atoms with Crippen LogP contribution < -0.4 is 0 Å². The molecule has 0 bridgehead atoms. The largest absolute Gasteiger partial charge is 0.377 e. The molecule has 1 aliphatic heterocycles. The van der Waals surface area contributed by atoms with Crippen LogP contribution in [0.25, 0.3) is 33.7 Å². The van der Waals surface area contributed by atoms with E-state index in [1.54, 1.807) is 6.20 Å². The Morgan fingerprint density at radius 3 is 2.56 bits per heavy atom. The molecular formula is C26H26N4O2. The fraction of sp³-hybridized carbons (Fsp3) is 0.269. The molecule has 1 atom stereocenters. The molecule has 0 saturated carbocycles. The van der Waals surface area contributed by atoms with Crippen LogP contribution in [0.2, 0.25) is 0 Å². The Balaban J connectivity index is 1.44. The number of benzene rings is 2. The van der Waals surface area contributed by atoms with Gasteiger partial charge in [-0.15, -0.1) is 0 Å². The number of nitrogens with one attached hydrogen (secondary N) is 1. The van der Waals surface area contributed by atoms with Gasteiger partial charge in [0.1, 0.15) is 11.3 Å². The number of hydrogen-bond acceptors (Lipinski definition) is 4. The van der Waals surface area contributed by atoms with E-state index in [1.165, 1.54) is 5.56 Å². The number of fused-ring (bicyclic) bond motifs is 1. The van der Waals surface area contributed by atoms with Crippen molar-refractivity contribution in [2.75, 3.05) is 19.8 Å². The first kappa shape index (κ1) is 20.4. The summed E-state index contributed by atoms with van der Waals surface area (Å²) in [5.41, 5.74) is 6.66. The van der Waals surface area contributed by atoms with Crippen molar-refractivity contribution < 1.29 is 9.53 Å². The Morgan fingerprint density at radius 2 is 1.84 bits per heavy atom. The number of amides is 1. The highest BCUT2D eigenvalue weighted by Gasteiger charge is 2.24. The molecular weight excluding hydrogens is 400 g/mol. The minimum Gasteiger partial charge on any atom is -0.377 e. The number of pyridine rings is 1. The first-order chi connectivity index (χ1) is 15.6. The summed E-state index contributed by atoms with van der Waals surface area (Å²) in [4.78, 5) is 27.4. The molecule has 5 rings (SSSR count). The lowest BCUT2D eigenvalue weighted by Crippen LogP contribution is -2.47. The molecule has 1 saturated heterocycles. The van der Waals surface area contributed by atoms with Gasteiger partial charge < -0.3 is 14.6 Å². The number of ether oxygens (including phenoxy) is 1. The summed E-state index contributed by atoms with van der Waals surface area (Å²) in [5, 5.41) is 0. The van der Waals surface area contributed by atoms with Gasteiger partial charge in [0.15, 0.2) is 5.65 Å². The molecule has 0 unspecified atom stereocenters. The quantitative estimate of drug-likeness (QED) is 0.513. The van der Waals surface area contributed by atoms with Crippen molar-refractivity contribution in [1.29, 1.82) is 0 Å². The second-order valence-electron chi connectivity index (χ2n) is 8.19. The van der Waals surface area contributed by atoms with E-state index in [1.807, 2.05) is 42.2 Å². The van der Waals surface area contributed by atoms with Crippen LogP contribution in [0.3, 0.4) is 0 Å². The average Bonchev–Trinajstić information content (AvgIpc) is 3.29. The van der Waals surface area contributed by atoms with Crippen molar-refractivity contribution >= 4 is 17.1 Å². The molecule has 2 aromatic carbocycles. The predicted octanol–water partition coefficient (Wildman–Crippen LogP) is 4.72. The van der Waals surface area contributed by atoms with Crippen molar-refractivity contribution in [3.05, 3.63) is 71.9 Å². The van der Waals surface area contributed by atoms with Gasteiger partial charge in [-0.05, 0) is 42.7 Å². The molecule has 4 aromatic rings. The lowest BCUT2D eigenvalue weighted by atomic mass is 10.0. The Hall–Kier alpha value is -3.51. The molecule has 3 heterocycles. The van der Waals surface area contributed by atoms with E-state index >= 15 is 0 Å². The van der Waals surface area contributed by atoms with Gasteiger partial charge in [0.25, 0.3) is 5.91 Å². The molecule has 0 radical (unpaired) electrons. The number of hydrogen-bond donors (Lipinski definition) is 1. The highest BCUT2D eigenvalue weighted by atomic mass is 16.5. The fourth-order valence-corrected chi connectivity index (χ4v) is 4.17. The van der Waals surface area contributed by atoms with Gasteiger partial charge in [-0.25, -0.2) is 9.97 Å². The average molecular weight is 427 g/mol. The molecule has 2 aromatic heterocycles. The first-order valence-electron chi connectivity index (χ1n) is 11.1. The van der Waals surface area contributed by atoms with E-state index in [9.17, 15) is 4.79 Å². The third-order valence-electron chi connectivity index (χ3n) is 6.09. The standard InChI is InChI=1S/C26H26N4O2/c1-3-18-4-6-19(7-5-18)22-12-13-27-25-23(22)28-24(29-25)20-8-10-21(11-9-20)26(31)30-14-15-32-16-17(30)2/h4-13,17H,3,14-16H2,1-2H3,(H,27,28,29)/t17-/m1/s1. The molecule has 162 valence electrons. The second kappa shape index (κ2) is 8.55. The number of imidazole rings is 1. The molecule has 6 nitrogen and oxygen atoms in total. The number of aryl methyl sites for hydroxylation is 1. The molecule has 1 N–H and O–H groups in total. The lowest BCUT2D eigenvalue weighted by molar-refractivity contribution is 0.00359. The summed E-state index contributed by atoms with van der Waals surface area (Å²) in [5.74, 6) is 0.778. The van der Waals surface area contributed by atoms with E-state index in [-0.39, 0.29) is 11.9 Å². The van der Waals surface area contributed by atoms with E-state index in [2.05, 4.69) is 41.2 Å². The third kappa shape index (κ3) is 3.78. The van der Waals surface area contributed by atoms with Crippen molar-refractivity contribution in [2.24, 2.45) is 0 Å². The fourth-order valence-electron chi connectivity index (χ4n) is 4.17. The molecule has 32 heavy (non-hydrogen) atoms. The van der Waals surface area contributed by atoms with E-state index in [0.717, 1.165) is 40.1 Å². The van der Waals surface area contributed by atoms with Crippen molar-refractivity contribution in [1.82, 2.24) is 19.9 Å². The Bertz CT molecular complexity index is 1250. The minimum atomic E-state index is 0.0384. The Labute approximate surface area is 187 Å². The summed E-state index contributed by atoms with van der Waals surface area (Å²) in [6.45, 7) is 5.96. The molecule has 1 aliphatic rings. The second-order valence-corrected chi connectivity index (χ2v) is 8.19. The normalized spacial score (nSPS) is 16.4. The number of morpholine rings is 1. The summed E-state index contributed by atoms with van der Waals surface area (Å²) in [6, 6.07) is 18.3. The van der Waals surface area contributed by atoms with Crippen molar-refractivity contribution in [2.45, 2.75) is 26.3 Å². The van der Waals surface area contributed by atoms with Crippen LogP contribution in [0, 0.1) is 0 Å². The third-order valence-corrected chi connectivity index (χ3v) is 6.09. The zero-order valence-corrected chi connectivity index (χ0v) is 18.3. The van der Waals surface area contributed by atoms with E-state index in [0.29, 0.717) is 25.3 Å². The number of nitrogens with zero attached hydrogens (tertiary/aromatic N) is 3. The maximum absolute atomic E-state index is 12.9. The monoisotopic (exact) mass is 426 g/mol. The highest BCUT2D eigenvalue weighted by Crippen LogP contribution is 2.29. The van der Waals surface area contributed by atoms with Gasteiger partial charge in [0.05, 0.1) is 19.3 Å². The lowest BCUT2D eigenvalue weighted by Gasteiger charge is -2.33. The summed E-state index contributed by atoms with van der Waals surface area (Å²) < 4.78 is 5.44. The van der Waals surface area contributed by atoms with Gasteiger partial charge >= 0.3 is 0 Å². The van der Waals surface area contributed by atoms with Crippen LogP contribution in [0.1, 0.15) is 29.8 Å². The topological polar surface area (TPSA) is 71.1 Å². The Kier molecular flexibility index (Phi) is 5.45. The summed E-state index contributed by atoms with van der Waals surface area (Å²) in [6.07, 6.45) is 2.82. The number of H-pyrrole nitrogens is 1. The van der Waals surface area contributed by atoms with Crippen LogP contribution in [0.15, 0.2) is 60.8 Å². The van der Waals surface area contributed by atoms with Crippen LogP contribution in [0.5, 0.6) is 0 Å². The number of aromatic nitrogens is 3. The number of aromatic amines is 1. The van der Waals surface area contributed by atoms with Crippen LogP contribution in [-0.2, 0) is 11.2 Å². The van der Waals surface area contributed by atoms with Gasteiger partial charge in [0.2, 0.25) is 0 Å². The predicted molar refractivity (Wildman–Crippen MR) is 125 cm³/mol. The minimum absolute atomic E-state index is 0.0384. The van der Waals surface area contributed by atoms with Crippen molar-refractivity contribution in [3.63, 3.8) is 0 Å². The van der Waals surface area contributed by atoms with Gasteiger partial charge in [-0.2, -0.15) is 0 Å².